The Hall–Kier alpha value is -2.67. The molecule has 0 aliphatic carbocycles. The molecule has 0 fully saturated rings. The van der Waals surface area contributed by atoms with E-state index >= 15 is 0 Å². The smallest absolute Gasteiger partial charge is 0.377 e. The summed E-state index contributed by atoms with van der Waals surface area (Å²) in [7, 11) is 0. The molecule has 0 atom stereocenters. The Bertz CT molecular complexity index is 730. The minimum atomic E-state index is -0.891. The normalized spacial score (nSPS) is 10.3. The molecule has 0 bridgehead atoms. The van der Waals surface area contributed by atoms with Gasteiger partial charge in [0.05, 0.1) is 13.2 Å². The number of hydrogen-bond acceptors (Lipinski definition) is 7. The number of rotatable bonds is 6. The second-order valence-electron chi connectivity index (χ2n) is 4.51. The van der Waals surface area contributed by atoms with E-state index in [2.05, 4.69) is 5.16 Å². The van der Waals surface area contributed by atoms with Crippen LogP contribution in [-0.4, -0.2) is 36.1 Å². The van der Waals surface area contributed by atoms with Gasteiger partial charge in [-0.25, -0.2) is 9.59 Å². The summed E-state index contributed by atoms with van der Waals surface area (Å²) >= 11 is 5.80. The first kappa shape index (κ1) is 17.7. The van der Waals surface area contributed by atoms with Gasteiger partial charge in [0.2, 0.25) is 5.69 Å². The molecule has 1 aromatic carbocycles. The zero-order valence-corrected chi connectivity index (χ0v) is 13.8. The highest BCUT2D eigenvalue weighted by Crippen LogP contribution is 2.22. The van der Waals surface area contributed by atoms with Crippen molar-refractivity contribution in [3.8, 4) is 0 Å². The third-order valence-electron chi connectivity index (χ3n) is 2.96. The first-order chi connectivity index (χ1) is 11.5. The van der Waals surface area contributed by atoms with Crippen molar-refractivity contribution < 1.29 is 28.4 Å². The highest BCUT2D eigenvalue weighted by Gasteiger charge is 2.33. The van der Waals surface area contributed by atoms with Gasteiger partial charge in [-0.05, 0) is 38.1 Å². The van der Waals surface area contributed by atoms with Gasteiger partial charge in [0.25, 0.3) is 5.76 Å². The van der Waals surface area contributed by atoms with Crippen molar-refractivity contribution in [2.75, 3.05) is 13.2 Å². The third-order valence-corrected chi connectivity index (χ3v) is 3.21. The molecule has 126 valence electrons. The van der Waals surface area contributed by atoms with Gasteiger partial charge in [0.15, 0.2) is 5.78 Å². The number of ether oxygens (including phenoxy) is 2. The molecule has 0 saturated carbocycles. The molecule has 0 radical (unpaired) electrons. The van der Waals surface area contributed by atoms with Gasteiger partial charge in [0, 0.05) is 10.6 Å². The highest BCUT2D eigenvalue weighted by atomic mass is 35.5. The van der Waals surface area contributed by atoms with Crippen molar-refractivity contribution in [3.63, 3.8) is 0 Å². The molecular formula is C16H14ClNO6. The minimum Gasteiger partial charge on any atom is -0.461 e. The maximum absolute atomic E-state index is 12.7. The number of carbonyl (C=O) groups is 3. The molecule has 0 saturated heterocycles. The lowest BCUT2D eigenvalue weighted by Gasteiger charge is -2.04. The molecule has 0 aliphatic rings. The summed E-state index contributed by atoms with van der Waals surface area (Å²) in [6, 6.07) is 5.94. The molecule has 7 nitrogen and oxygen atoms in total. The molecule has 0 N–H and O–H groups in total. The zero-order chi connectivity index (χ0) is 17.7. The van der Waals surface area contributed by atoms with Crippen LogP contribution in [-0.2, 0) is 9.47 Å². The van der Waals surface area contributed by atoms with Gasteiger partial charge in [-0.3, -0.25) is 4.79 Å². The summed E-state index contributed by atoms with van der Waals surface area (Å²) in [6.45, 7) is 3.35. The second kappa shape index (κ2) is 7.74. The largest absolute Gasteiger partial charge is 0.461 e. The van der Waals surface area contributed by atoms with Crippen molar-refractivity contribution in [2.24, 2.45) is 0 Å². The lowest BCUT2D eigenvalue weighted by atomic mass is 10.0. The van der Waals surface area contributed by atoms with Crippen LogP contribution in [0.2, 0.25) is 5.02 Å². The Labute approximate surface area is 142 Å². The van der Waals surface area contributed by atoms with Gasteiger partial charge in [-0.1, -0.05) is 16.8 Å². The highest BCUT2D eigenvalue weighted by molar-refractivity contribution is 6.30. The molecule has 1 aromatic heterocycles. The summed E-state index contributed by atoms with van der Waals surface area (Å²) < 4.78 is 14.5. The summed E-state index contributed by atoms with van der Waals surface area (Å²) in [5.41, 5.74) is -0.465. The molecule has 8 heteroatoms. The van der Waals surface area contributed by atoms with Crippen LogP contribution in [0.25, 0.3) is 0 Å². The van der Waals surface area contributed by atoms with Crippen LogP contribution in [0, 0.1) is 0 Å². The van der Waals surface area contributed by atoms with Crippen molar-refractivity contribution in [3.05, 3.63) is 51.9 Å². The fourth-order valence-corrected chi connectivity index (χ4v) is 2.05. The van der Waals surface area contributed by atoms with E-state index in [1.54, 1.807) is 13.8 Å². The summed E-state index contributed by atoms with van der Waals surface area (Å²) in [5.74, 6) is -2.83. The third kappa shape index (κ3) is 3.62. The monoisotopic (exact) mass is 351 g/mol. The van der Waals surface area contributed by atoms with Gasteiger partial charge in [-0.2, -0.15) is 0 Å². The summed E-state index contributed by atoms with van der Waals surface area (Å²) in [4.78, 5) is 36.7. The maximum Gasteiger partial charge on any atom is 0.377 e. The number of nitrogens with zero attached hydrogens (tertiary/aromatic N) is 1. The van der Waals surface area contributed by atoms with Crippen LogP contribution >= 0.6 is 11.6 Å². The van der Waals surface area contributed by atoms with Crippen molar-refractivity contribution >= 4 is 29.3 Å². The molecule has 0 aliphatic heterocycles. The predicted molar refractivity (Wildman–Crippen MR) is 83.3 cm³/mol. The van der Waals surface area contributed by atoms with E-state index in [1.807, 2.05) is 0 Å². The van der Waals surface area contributed by atoms with Crippen LogP contribution in [0.15, 0.2) is 28.8 Å². The van der Waals surface area contributed by atoms with E-state index in [-0.39, 0.29) is 30.0 Å². The van der Waals surface area contributed by atoms with Crippen LogP contribution in [0.5, 0.6) is 0 Å². The average Bonchev–Trinajstić information content (AvgIpc) is 3.00. The number of esters is 2. The number of halogens is 1. The molecule has 0 spiro atoms. The first-order valence-electron chi connectivity index (χ1n) is 7.13. The van der Waals surface area contributed by atoms with Gasteiger partial charge < -0.3 is 14.0 Å². The number of carbonyl (C=O) groups excluding carboxylic acids is 3. The van der Waals surface area contributed by atoms with E-state index in [0.717, 1.165) is 0 Å². The average molecular weight is 352 g/mol. The number of benzene rings is 1. The van der Waals surface area contributed by atoms with Gasteiger partial charge in [-0.15, -0.1) is 0 Å². The Balaban J connectivity index is 2.52. The Morgan fingerprint density at radius 3 is 2.21 bits per heavy atom. The van der Waals surface area contributed by atoms with E-state index in [0.29, 0.717) is 5.02 Å². The topological polar surface area (TPSA) is 95.7 Å². The Morgan fingerprint density at radius 2 is 1.62 bits per heavy atom. The lowest BCUT2D eigenvalue weighted by molar-refractivity contribution is 0.0470. The number of aromatic nitrogens is 1. The molecule has 24 heavy (non-hydrogen) atoms. The van der Waals surface area contributed by atoms with E-state index < -0.39 is 23.5 Å². The van der Waals surface area contributed by atoms with E-state index in [1.165, 1.54) is 24.3 Å². The van der Waals surface area contributed by atoms with Crippen LogP contribution in [0.3, 0.4) is 0 Å². The molecule has 2 rings (SSSR count). The molecule has 0 unspecified atom stereocenters. The lowest BCUT2D eigenvalue weighted by Crippen LogP contribution is -2.15. The predicted octanol–water partition coefficient (Wildman–Crippen LogP) is 2.91. The van der Waals surface area contributed by atoms with E-state index in [9.17, 15) is 14.4 Å². The maximum atomic E-state index is 12.7. The molecule has 2 aromatic rings. The van der Waals surface area contributed by atoms with Crippen molar-refractivity contribution in [1.29, 1.82) is 0 Å². The molecular weight excluding hydrogens is 338 g/mol. The standard InChI is InChI=1S/C16H14ClNO6/c1-3-22-15(20)12-11(14(24-18-12)16(21)23-4-2)13(19)9-5-7-10(17)8-6-9/h5-8H,3-4H2,1-2H3. The second-order valence-corrected chi connectivity index (χ2v) is 4.95. The van der Waals surface area contributed by atoms with Crippen molar-refractivity contribution in [1.82, 2.24) is 5.16 Å². The quantitative estimate of drug-likeness (QED) is 0.583. The van der Waals surface area contributed by atoms with Crippen LogP contribution in [0.4, 0.5) is 0 Å². The zero-order valence-electron chi connectivity index (χ0n) is 13.0. The summed E-state index contributed by atoms with van der Waals surface area (Å²) in [6.07, 6.45) is 0. The van der Waals surface area contributed by atoms with Gasteiger partial charge >= 0.3 is 11.9 Å². The van der Waals surface area contributed by atoms with E-state index in [4.69, 9.17) is 25.6 Å². The first-order valence-corrected chi connectivity index (χ1v) is 7.51. The number of hydrogen-bond donors (Lipinski definition) is 0. The van der Waals surface area contributed by atoms with Crippen LogP contribution < -0.4 is 0 Å². The molecule has 0 amide bonds. The Morgan fingerprint density at radius 1 is 1.04 bits per heavy atom. The van der Waals surface area contributed by atoms with Crippen molar-refractivity contribution in [2.45, 2.75) is 13.8 Å². The van der Waals surface area contributed by atoms with Crippen LogP contribution in [0.1, 0.15) is 50.8 Å². The number of ketones is 1. The summed E-state index contributed by atoms with van der Waals surface area (Å²) in [5, 5.41) is 3.94. The fraction of sp³-hybridized carbons (Fsp3) is 0.250. The van der Waals surface area contributed by atoms with Gasteiger partial charge in [0.1, 0.15) is 5.56 Å². The Kier molecular flexibility index (Phi) is 5.70. The minimum absolute atomic E-state index is 0.0723. The SMILES string of the molecule is CCOC(=O)c1noc(C(=O)OCC)c1C(=O)c1ccc(Cl)cc1. The fourth-order valence-electron chi connectivity index (χ4n) is 1.92. The molecule has 1 heterocycles.